The topological polar surface area (TPSA) is 41.1 Å². The van der Waals surface area contributed by atoms with Gasteiger partial charge in [0.15, 0.2) is 0 Å². The molecule has 1 aromatic carbocycles. The summed E-state index contributed by atoms with van der Waals surface area (Å²) in [7, 11) is 0. The fourth-order valence-electron chi connectivity index (χ4n) is 2.87. The van der Waals surface area contributed by atoms with E-state index < -0.39 is 0 Å². The molecule has 0 saturated carbocycles. The van der Waals surface area contributed by atoms with Crippen LogP contribution in [-0.4, -0.2) is 25.0 Å². The van der Waals surface area contributed by atoms with Gasteiger partial charge in [0.1, 0.15) is 0 Å². The number of hydrogen-bond acceptors (Lipinski definition) is 2. The van der Waals surface area contributed by atoms with Crippen LogP contribution in [0.3, 0.4) is 0 Å². The van der Waals surface area contributed by atoms with Crippen molar-refractivity contribution in [1.82, 2.24) is 10.6 Å². The quantitative estimate of drug-likeness (QED) is 0.869. The zero-order valence-electron chi connectivity index (χ0n) is 13.9. The minimum absolute atomic E-state index is 0. The lowest BCUT2D eigenvalue weighted by atomic mass is 9.94. The van der Waals surface area contributed by atoms with E-state index in [1.165, 1.54) is 11.1 Å². The standard InChI is InChI=1S/C18H28N2O.ClH/c1-13(2)15-6-8-16(9-7-15)14(3)11-18(21)20-17-5-4-10-19-12-17;/h6-9,13-14,17,19H,4-5,10-12H2,1-3H3,(H,20,21);1H/t14?,17-;/m0./s1. The maximum Gasteiger partial charge on any atom is 0.220 e. The van der Waals surface area contributed by atoms with Crippen molar-refractivity contribution in [1.29, 1.82) is 0 Å². The second-order valence-corrected chi connectivity index (χ2v) is 6.54. The molecule has 1 aliphatic heterocycles. The second-order valence-electron chi connectivity index (χ2n) is 6.54. The van der Waals surface area contributed by atoms with Crippen LogP contribution in [-0.2, 0) is 4.79 Å². The third kappa shape index (κ3) is 5.62. The van der Waals surface area contributed by atoms with E-state index in [4.69, 9.17) is 0 Å². The first-order valence-electron chi connectivity index (χ1n) is 8.16. The van der Waals surface area contributed by atoms with E-state index in [9.17, 15) is 4.79 Å². The van der Waals surface area contributed by atoms with Gasteiger partial charge in [-0.05, 0) is 42.3 Å². The van der Waals surface area contributed by atoms with Crippen molar-refractivity contribution >= 4 is 18.3 Å². The number of rotatable bonds is 5. The van der Waals surface area contributed by atoms with Crippen LogP contribution in [0.4, 0.5) is 0 Å². The lowest BCUT2D eigenvalue weighted by Crippen LogP contribution is -2.45. The SMILES string of the molecule is CC(C)c1ccc(C(C)CC(=O)N[C@H]2CCCNC2)cc1.Cl. The Morgan fingerprint density at radius 3 is 2.41 bits per heavy atom. The minimum Gasteiger partial charge on any atom is -0.352 e. The van der Waals surface area contributed by atoms with Gasteiger partial charge in [0, 0.05) is 19.0 Å². The fraction of sp³-hybridized carbons (Fsp3) is 0.611. The molecular formula is C18H29ClN2O. The number of benzene rings is 1. The summed E-state index contributed by atoms with van der Waals surface area (Å²) in [6, 6.07) is 8.99. The Morgan fingerprint density at radius 2 is 1.86 bits per heavy atom. The van der Waals surface area contributed by atoms with Gasteiger partial charge in [-0.3, -0.25) is 4.79 Å². The summed E-state index contributed by atoms with van der Waals surface area (Å²) in [5, 5.41) is 6.47. The summed E-state index contributed by atoms with van der Waals surface area (Å²) < 4.78 is 0. The molecule has 2 rings (SSSR count). The molecule has 0 aliphatic carbocycles. The lowest BCUT2D eigenvalue weighted by Gasteiger charge is -2.24. The Labute approximate surface area is 140 Å². The average Bonchev–Trinajstić information content (AvgIpc) is 2.48. The highest BCUT2D eigenvalue weighted by Gasteiger charge is 2.17. The molecule has 1 unspecified atom stereocenters. The molecular weight excluding hydrogens is 296 g/mol. The zero-order chi connectivity index (χ0) is 15.2. The number of halogens is 1. The second kappa shape index (κ2) is 9.16. The van der Waals surface area contributed by atoms with E-state index in [0.29, 0.717) is 18.4 Å². The summed E-state index contributed by atoms with van der Waals surface area (Å²) in [5.41, 5.74) is 2.60. The minimum atomic E-state index is 0. The lowest BCUT2D eigenvalue weighted by molar-refractivity contribution is -0.122. The Hall–Kier alpha value is -1.06. The first kappa shape index (κ1) is 19.0. The van der Waals surface area contributed by atoms with Crippen LogP contribution in [0.2, 0.25) is 0 Å². The maximum atomic E-state index is 12.1. The maximum absolute atomic E-state index is 12.1. The van der Waals surface area contributed by atoms with E-state index in [0.717, 1.165) is 25.9 Å². The van der Waals surface area contributed by atoms with Gasteiger partial charge < -0.3 is 10.6 Å². The predicted molar refractivity (Wildman–Crippen MR) is 94.8 cm³/mol. The summed E-state index contributed by atoms with van der Waals surface area (Å²) in [4.78, 5) is 12.1. The molecule has 4 heteroatoms. The average molecular weight is 325 g/mol. The number of amides is 1. The van der Waals surface area contributed by atoms with Crippen molar-refractivity contribution in [3.05, 3.63) is 35.4 Å². The van der Waals surface area contributed by atoms with Gasteiger partial charge in [-0.15, -0.1) is 12.4 Å². The number of carbonyl (C=O) groups is 1. The Bertz CT molecular complexity index is 453. The summed E-state index contributed by atoms with van der Waals surface area (Å²) in [5.74, 6) is 0.989. The summed E-state index contributed by atoms with van der Waals surface area (Å²) in [6.07, 6.45) is 2.81. The molecule has 0 radical (unpaired) electrons. The van der Waals surface area contributed by atoms with Crippen molar-refractivity contribution in [3.63, 3.8) is 0 Å². The highest BCUT2D eigenvalue weighted by Crippen LogP contribution is 2.22. The largest absolute Gasteiger partial charge is 0.352 e. The monoisotopic (exact) mass is 324 g/mol. The van der Waals surface area contributed by atoms with Crippen molar-refractivity contribution in [2.24, 2.45) is 0 Å². The Kier molecular flexibility index (Phi) is 7.91. The molecule has 2 N–H and O–H groups in total. The molecule has 1 saturated heterocycles. The molecule has 1 aliphatic rings. The molecule has 22 heavy (non-hydrogen) atoms. The van der Waals surface area contributed by atoms with Crippen LogP contribution in [0.5, 0.6) is 0 Å². The van der Waals surface area contributed by atoms with Gasteiger partial charge in [0.2, 0.25) is 5.91 Å². The first-order chi connectivity index (χ1) is 10.1. The first-order valence-corrected chi connectivity index (χ1v) is 8.16. The van der Waals surface area contributed by atoms with Gasteiger partial charge in [-0.25, -0.2) is 0 Å². The van der Waals surface area contributed by atoms with E-state index in [2.05, 4.69) is 55.7 Å². The van der Waals surface area contributed by atoms with Crippen LogP contribution in [0.25, 0.3) is 0 Å². The summed E-state index contributed by atoms with van der Waals surface area (Å²) >= 11 is 0. The number of carbonyl (C=O) groups excluding carboxylic acids is 1. The Balaban J connectivity index is 0.00000242. The fourth-order valence-corrected chi connectivity index (χ4v) is 2.87. The molecule has 2 atom stereocenters. The molecule has 3 nitrogen and oxygen atoms in total. The van der Waals surface area contributed by atoms with Crippen molar-refractivity contribution in [2.45, 2.75) is 57.9 Å². The third-order valence-electron chi connectivity index (χ3n) is 4.33. The van der Waals surface area contributed by atoms with Crippen molar-refractivity contribution in [2.75, 3.05) is 13.1 Å². The molecule has 0 aromatic heterocycles. The van der Waals surface area contributed by atoms with Crippen LogP contribution in [0.15, 0.2) is 24.3 Å². The molecule has 1 aromatic rings. The Morgan fingerprint density at radius 1 is 1.23 bits per heavy atom. The highest BCUT2D eigenvalue weighted by molar-refractivity contribution is 5.85. The normalized spacial score (nSPS) is 19.4. The number of piperidine rings is 1. The van der Waals surface area contributed by atoms with E-state index in [1.807, 2.05) is 0 Å². The van der Waals surface area contributed by atoms with Gasteiger partial charge in [0.05, 0.1) is 0 Å². The molecule has 0 spiro atoms. The zero-order valence-corrected chi connectivity index (χ0v) is 14.7. The van der Waals surface area contributed by atoms with Gasteiger partial charge in [-0.2, -0.15) is 0 Å². The molecule has 124 valence electrons. The van der Waals surface area contributed by atoms with Crippen LogP contribution < -0.4 is 10.6 Å². The molecule has 0 bridgehead atoms. The highest BCUT2D eigenvalue weighted by atomic mass is 35.5. The number of nitrogens with one attached hydrogen (secondary N) is 2. The van der Waals surface area contributed by atoms with E-state index >= 15 is 0 Å². The van der Waals surface area contributed by atoms with Crippen LogP contribution in [0.1, 0.15) is 63.0 Å². The molecule has 1 fully saturated rings. The third-order valence-corrected chi connectivity index (χ3v) is 4.33. The smallest absolute Gasteiger partial charge is 0.220 e. The van der Waals surface area contributed by atoms with Crippen LogP contribution in [0, 0.1) is 0 Å². The summed E-state index contributed by atoms with van der Waals surface area (Å²) in [6.45, 7) is 8.51. The van der Waals surface area contributed by atoms with E-state index in [1.54, 1.807) is 0 Å². The van der Waals surface area contributed by atoms with Gasteiger partial charge in [0.25, 0.3) is 0 Å². The van der Waals surface area contributed by atoms with Gasteiger partial charge in [-0.1, -0.05) is 45.0 Å². The predicted octanol–water partition coefficient (Wildman–Crippen LogP) is 3.59. The van der Waals surface area contributed by atoms with Crippen molar-refractivity contribution < 1.29 is 4.79 Å². The number of hydrogen-bond donors (Lipinski definition) is 2. The van der Waals surface area contributed by atoms with Gasteiger partial charge >= 0.3 is 0 Å². The van der Waals surface area contributed by atoms with E-state index in [-0.39, 0.29) is 24.2 Å². The van der Waals surface area contributed by atoms with Crippen molar-refractivity contribution in [3.8, 4) is 0 Å². The molecule has 1 heterocycles. The molecule has 1 amide bonds. The van der Waals surface area contributed by atoms with Crippen LogP contribution >= 0.6 is 12.4 Å².